The van der Waals surface area contributed by atoms with Gasteiger partial charge < -0.3 is 0 Å². The van der Waals surface area contributed by atoms with Gasteiger partial charge in [0.25, 0.3) is 0 Å². The molecule has 0 atom stereocenters. The van der Waals surface area contributed by atoms with E-state index in [1.807, 2.05) is 0 Å². The summed E-state index contributed by atoms with van der Waals surface area (Å²) in [6.07, 6.45) is 2.30. The number of rotatable bonds is 2. The first-order chi connectivity index (χ1) is 5.18. The Labute approximate surface area is 72.1 Å². The first-order valence-electron chi connectivity index (χ1n) is 2.75. The van der Waals surface area contributed by atoms with Gasteiger partial charge in [-0.3, -0.25) is 10.1 Å². The Hall–Kier alpha value is -0.870. The van der Waals surface area contributed by atoms with Gasteiger partial charge in [0, 0.05) is 11.0 Å². The quantitative estimate of drug-likeness (QED) is 0.530. The summed E-state index contributed by atoms with van der Waals surface area (Å²) < 4.78 is 0.632. The summed E-state index contributed by atoms with van der Waals surface area (Å²) in [6.45, 7) is 0. The zero-order valence-electron chi connectivity index (χ0n) is 5.36. The Morgan fingerprint density at radius 2 is 2.36 bits per heavy atom. The van der Waals surface area contributed by atoms with Crippen LogP contribution in [-0.2, 0) is 0 Å². The summed E-state index contributed by atoms with van der Waals surface area (Å²) >= 11 is 6.89. The SMILES string of the molecule is O=[N+]([O-])/C=C/c1ccc(Cl)s1. The lowest BCUT2D eigenvalue weighted by atomic mass is 10.5. The third-order valence-corrected chi connectivity index (χ3v) is 2.15. The molecule has 5 heteroatoms. The maximum absolute atomic E-state index is 9.87. The van der Waals surface area contributed by atoms with Crippen molar-refractivity contribution >= 4 is 29.0 Å². The summed E-state index contributed by atoms with van der Waals surface area (Å²) in [7, 11) is 0. The second-order valence-corrected chi connectivity index (χ2v) is 3.49. The van der Waals surface area contributed by atoms with E-state index in [-0.39, 0.29) is 0 Å². The molecule has 1 aromatic rings. The fourth-order valence-electron chi connectivity index (χ4n) is 0.552. The molecule has 0 bridgehead atoms. The zero-order chi connectivity index (χ0) is 8.27. The lowest BCUT2D eigenvalue weighted by Crippen LogP contribution is -1.80. The molecule has 0 saturated carbocycles. The van der Waals surface area contributed by atoms with Crippen LogP contribution in [0.1, 0.15) is 4.88 Å². The van der Waals surface area contributed by atoms with Gasteiger partial charge in [-0.2, -0.15) is 0 Å². The second kappa shape index (κ2) is 3.50. The van der Waals surface area contributed by atoms with Crippen molar-refractivity contribution in [1.82, 2.24) is 0 Å². The van der Waals surface area contributed by atoms with E-state index in [0.29, 0.717) is 4.34 Å². The molecule has 0 amide bonds. The molecule has 1 aromatic heterocycles. The van der Waals surface area contributed by atoms with E-state index in [1.165, 1.54) is 17.4 Å². The van der Waals surface area contributed by atoms with Crippen molar-refractivity contribution < 1.29 is 4.92 Å². The van der Waals surface area contributed by atoms with E-state index in [9.17, 15) is 10.1 Å². The normalized spacial score (nSPS) is 10.6. The lowest BCUT2D eigenvalue weighted by molar-refractivity contribution is -0.400. The number of hydrogen-bond acceptors (Lipinski definition) is 3. The molecule has 11 heavy (non-hydrogen) atoms. The van der Waals surface area contributed by atoms with E-state index in [4.69, 9.17) is 11.6 Å². The van der Waals surface area contributed by atoms with Crippen LogP contribution in [0.15, 0.2) is 18.3 Å². The molecule has 1 rings (SSSR count). The fourth-order valence-corrected chi connectivity index (χ4v) is 1.51. The summed E-state index contributed by atoms with van der Waals surface area (Å²) in [5, 5.41) is 9.87. The molecule has 0 N–H and O–H groups in total. The first kappa shape index (κ1) is 8.23. The number of thiophene rings is 1. The molecule has 58 valence electrons. The first-order valence-corrected chi connectivity index (χ1v) is 3.95. The Morgan fingerprint density at radius 3 is 2.82 bits per heavy atom. The Balaban J connectivity index is 2.71. The lowest BCUT2D eigenvalue weighted by Gasteiger charge is -1.78. The highest BCUT2D eigenvalue weighted by Crippen LogP contribution is 2.22. The summed E-state index contributed by atoms with van der Waals surface area (Å²) in [5.74, 6) is 0. The minimum absolute atomic E-state index is 0.506. The van der Waals surface area contributed by atoms with Crippen LogP contribution in [0.5, 0.6) is 0 Å². The standard InChI is InChI=1S/C6H4ClNO2S/c7-6-2-1-5(11-6)3-4-8(9)10/h1-4H/b4-3+. The molecule has 3 nitrogen and oxygen atoms in total. The van der Waals surface area contributed by atoms with Crippen molar-refractivity contribution in [3.8, 4) is 0 Å². The van der Waals surface area contributed by atoms with Crippen molar-refractivity contribution in [2.75, 3.05) is 0 Å². The van der Waals surface area contributed by atoms with Crippen LogP contribution in [0.2, 0.25) is 4.34 Å². The van der Waals surface area contributed by atoms with E-state index in [2.05, 4.69) is 0 Å². The largest absolute Gasteiger partial charge is 0.259 e. The van der Waals surface area contributed by atoms with Gasteiger partial charge >= 0.3 is 0 Å². The van der Waals surface area contributed by atoms with Crippen molar-refractivity contribution in [2.45, 2.75) is 0 Å². The van der Waals surface area contributed by atoms with E-state index < -0.39 is 4.92 Å². The molecule has 0 unspecified atom stereocenters. The van der Waals surface area contributed by atoms with Gasteiger partial charge in [0.1, 0.15) is 0 Å². The molecular weight excluding hydrogens is 186 g/mol. The minimum Gasteiger partial charge on any atom is -0.259 e. The van der Waals surface area contributed by atoms with Gasteiger partial charge in [0.05, 0.1) is 9.26 Å². The van der Waals surface area contributed by atoms with E-state index in [0.717, 1.165) is 11.1 Å². The van der Waals surface area contributed by atoms with Crippen LogP contribution in [0.25, 0.3) is 6.08 Å². The molecule has 1 heterocycles. The van der Waals surface area contributed by atoms with Gasteiger partial charge in [0.15, 0.2) is 0 Å². The highest BCUT2D eigenvalue weighted by molar-refractivity contribution is 7.16. The van der Waals surface area contributed by atoms with Crippen LogP contribution >= 0.6 is 22.9 Å². The molecule has 0 aliphatic rings. The van der Waals surface area contributed by atoms with Crippen LogP contribution in [0.3, 0.4) is 0 Å². The predicted octanol–water partition coefficient (Wildman–Crippen LogP) is 2.65. The van der Waals surface area contributed by atoms with Gasteiger partial charge in [-0.25, -0.2) is 0 Å². The average molecular weight is 190 g/mol. The highest BCUT2D eigenvalue weighted by atomic mass is 35.5. The smallest absolute Gasteiger partial charge is 0.235 e. The van der Waals surface area contributed by atoms with Crippen LogP contribution in [0.4, 0.5) is 0 Å². The van der Waals surface area contributed by atoms with Crippen LogP contribution < -0.4 is 0 Å². The number of hydrogen-bond donors (Lipinski definition) is 0. The maximum Gasteiger partial charge on any atom is 0.235 e. The van der Waals surface area contributed by atoms with Crippen molar-refractivity contribution in [3.05, 3.63) is 37.7 Å². The maximum atomic E-state index is 9.87. The molecule has 0 aliphatic carbocycles. The number of nitro groups is 1. The van der Waals surface area contributed by atoms with Gasteiger partial charge in [-0.1, -0.05) is 11.6 Å². The fraction of sp³-hybridized carbons (Fsp3) is 0. The van der Waals surface area contributed by atoms with Crippen molar-refractivity contribution in [1.29, 1.82) is 0 Å². The minimum atomic E-state index is -0.506. The molecule has 0 aliphatic heterocycles. The van der Waals surface area contributed by atoms with Crippen LogP contribution in [-0.4, -0.2) is 4.92 Å². The molecule has 0 saturated heterocycles. The Morgan fingerprint density at radius 1 is 1.64 bits per heavy atom. The summed E-state index contributed by atoms with van der Waals surface area (Å²) in [4.78, 5) is 10.1. The summed E-state index contributed by atoms with van der Waals surface area (Å²) in [6, 6.07) is 3.43. The molecular formula is C6H4ClNO2S. The second-order valence-electron chi connectivity index (χ2n) is 1.74. The van der Waals surface area contributed by atoms with E-state index in [1.54, 1.807) is 12.1 Å². The molecule has 0 spiro atoms. The van der Waals surface area contributed by atoms with Crippen molar-refractivity contribution in [3.63, 3.8) is 0 Å². The van der Waals surface area contributed by atoms with Gasteiger partial charge in [0.2, 0.25) is 6.20 Å². The topological polar surface area (TPSA) is 43.1 Å². The average Bonchev–Trinajstić information content (AvgIpc) is 2.31. The predicted molar refractivity (Wildman–Crippen MR) is 45.4 cm³/mol. The van der Waals surface area contributed by atoms with E-state index >= 15 is 0 Å². The van der Waals surface area contributed by atoms with Crippen molar-refractivity contribution in [2.24, 2.45) is 0 Å². The molecule has 0 radical (unpaired) electrons. The van der Waals surface area contributed by atoms with Crippen LogP contribution in [0, 0.1) is 10.1 Å². The third kappa shape index (κ3) is 2.69. The Bertz CT molecular complexity index is 295. The number of halogens is 1. The summed E-state index contributed by atoms with van der Waals surface area (Å²) in [5.41, 5.74) is 0. The van der Waals surface area contributed by atoms with Gasteiger partial charge in [-0.05, 0) is 12.1 Å². The third-order valence-electron chi connectivity index (χ3n) is 0.955. The Kier molecular flexibility index (Phi) is 2.62. The monoisotopic (exact) mass is 189 g/mol. The van der Waals surface area contributed by atoms with Gasteiger partial charge in [-0.15, -0.1) is 11.3 Å². The molecule has 0 aromatic carbocycles. The highest BCUT2D eigenvalue weighted by Gasteiger charge is 1.94. The number of nitrogens with zero attached hydrogens (tertiary/aromatic N) is 1. The molecule has 0 fully saturated rings. The zero-order valence-corrected chi connectivity index (χ0v) is 6.93.